The second-order valence-electron chi connectivity index (χ2n) is 4.90. The van der Waals surface area contributed by atoms with E-state index in [1.165, 1.54) is 6.26 Å². The quantitative estimate of drug-likeness (QED) is 0.837. The van der Waals surface area contributed by atoms with Crippen LogP contribution in [0.1, 0.15) is 18.4 Å². The summed E-state index contributed by atoms with van der Waals surface area (Å²) < 4.78 is 26.5. The Kier molecular flexibility index (Phi) is 4.04. The maximum absolute atomic E-state index is 11.5. The lowest BCUT2D eigenvalue weighted by Crippen LogP contribution is -2.40. The lowest BCUT2D eigenvalue weighted by molar-refractivity contribution is 0.240. The summed E-state index contributed by atoms with van der Waals surface area (Å²) in [7, 11) is -3.07. The first-order valence-corrected chi connectivity index (χ1v) is 8.00. The maximum atomic E-state index is 11.5. The van der Waals surface area contributed by atoms with Gasteiger partial charge in [0.15, 0.2) is 0 Å². The maximum Gasteiger partial charge on any atom is 0.211 e. The molecule has 0 amide bonds. The van der Waals surface area contributed by atoms with Crippen LogP contribution in [-0.4, -0.2) is 41.8 Å². The molecular formula is C11H20N4O2S. The first-order valence-electron chi connectivity index (χ1n) is 6.15. The van der Waals surface area contributed by atoms with Gasteiger partial charge in [0, 0.05) is 37.9 Å². The molecule has 1 fully saturated rings. The van der Waals surface area contributed by atoms with E-state index in [1.807, 2.05) is 10.9 Å². The number of nitrogens with zero attached hydrogens (tertiary/aromatic N) is 3. The Morgan fingerprint density at radius 2 is 2.33 bits per heavy atom. The fourth-order valence-electron chi connectivity index (χ4n) is 2.35. The standard InChI is InChI=1S/C11H20N4O2S/c1-18(16,17)15-4-2-3-10(9-15)7-14-8-11(5-12)6-13-14/h6,8,10H,2-5,7,9,12H2,1H3. The van der Waals surface area contributed by atoms with E-state index in [0.29, 0.717) is 25.6 Å². The zero-order chi connectivity index (χ0) is 13.2. The molecule has 7 heteroatoms. The molecule has 102 valence electrons. The van der Waals surface area contributed by atoms with Crippen molar-refractivity contribution in [2.75, 3.05) is 19.3 Å². The van der Waals surface area contributed by atoms with E-state index >= 15 is 0 Å². The van der Waals surface area contributed by atoms with E-state index in [0.717, 1.165) is 24.9 Å². The van der Waals surface area contributed by atoms with Crippen LogP contribution in [0.2, 0.25) is 0 Å². The van der Waals surface area contributed by atoms with E-state index in [2.05, 4.69) is 5.10 Å². The smallest absolute Gasteiger partial charge is 0.211 e. The van der Waals surface area contributed by atoms with Crippen molar-refractivity contribution in [2.45, 2.75) is 25.9 Å². The Balaban J connectivity index is 1.97. The average Bonchev–Trinajstić information content (AvgIpc) is 2.76. The average molecular weight is 272 g/mol. The lowest BCUT2D eigenvalue weighted by Gasteiger charge is -2.30. The van der Waals surface area contributed by atoms with Crippen LogP contribution in [0.15, 0.2) is 12.4 Å². The second-order valence-corrected chi connectivity index (χ2v) is 6.89. The summed E-state index contributed by atoms with van der Waals surface area (Å²) in [5, 5.41) is 4.24. The highest BCUT2D eigenvalue weighted by atomic mass is 32.2. The number of aromatic nitrogens is 2. The van der Waals surface area contributed by atoms with E-state index in [1.54, 1.807) is 10.5 Å². The zero-order valence-electron chi connectivity index (χ0n) is 10.6. The summed E-state index contributed by atoms with van der Waals surface area (Å²) >= 11 is 0. The molecule has 1 aliphatic rings. The first-order chi connectivity index (χ1) is 8.49. The van der Waals surface area contributed by atoms with Crippen LogP contribution < -0.4 is 5.73 Å². The Morgan fingerprint density at radius 3 is 2.94 bits per heavy atom. The summed E-state index contributed by atoms with van der Waals surface area (Å²) in [4.78, 5) is 0. The topological polar surface area (TPSA) is 81.2 Å². The molecule has 1 atom stereocenters. The molecule has 1 aromatic rings. The minimum absolute atomic E-state index is 0.332. The highest BCUT2D eigenvalue weighted by Crippen LogP contribution is 2.20. The van der Waals surface area contributed by atoms with Crippen molar-refractivity contribution >= 4 is 10.0 Å². The molecule has 0 aromatic carbocycles. The van der Waals surface area contributed by atoms with Crippen molar-refractivity contribution in [1.82, 2.24) is 14.1 Å². The van der Waals surface area contributed by atoms with Gasteiger partial charge in [-0.2, -0.15) is 5.10 Å². The van der Waals surface area contributed by atoms with Crippen LogP contribution in [0.5, 0.6) is 0 Å². The fraction of sp³-hybridized carbons (Fsp3) is 0.727. The molecule has 0 bridgehead atoms. The third kappa shape index (κ3) is 3.30. The summed E-state index contributed by atoms with van der Waals surface area (Å²) in [6.07, 6.45) is 6.93. The Labute approximate surface area is 108 Å². The molecule has 0 radical (unpaired) electrons. The van der Waals surface area contributed by atoms with Gasteiger partial charge in [0.2, 0.25) is 10.0 Å². The predicted octanol–water partition coefficient (Wildman–Crippen LogP) is 0.0134. The third-order valence-electron chi connectivity index (χ3n) is 3.32. The molecule has 1 unspecified atom stereocenters. The van der Waals surface area contributed by atoms with E-state index < -0.39 is 10.0 Å². The van der Waals surface area contributed by atoms with Crippen LogP contribution >= 0.6 is 0 Å². The third-order valence-corrected chi connectivity index (χ3v) is 4.59. The van der Waals surface area contributed by atoms with Gasteiger partial charge < -0.3 is 5.73 Å². The summed E-state index contributed by atoms with van der Waals surface area (Å²) in [5.41, 5.74) is 6.54. The number of hydrogen-bond donors (Lipinski definition) is 1. The van der Waals surface area contributed by atoms with Crippen LogP contribution in [0.4, 0.5) is 0 Å². The SMILES string of the molecule is CS(=O)(=O)N1CCCC(Cn2cc(CN)cn2)C1. The molecule has 2 heterocycles. The molecule has 18 heavy (non-hydrogen) atoms. The van der Waals surface area contributed by atoms with Crippen LogP contribution in [0.3, 0.4) is 0 Å². The number of piperidine rings is 1. The van der Waals surface area contributed by atoms with Crippen molar-refractivity contribution in [3.8, 4) is 0 Å². The minimum Gasteiger partial charge on any atom is -0.326 e. The summed E-state index contributed by atoms with van der Waals surface area (Å²) in [5.74, 6) is 0.332. The molecule has 0 aliphatic carbocycles. The highest BCUT2D eigenvalue weighted by Gasteiger charge is 2.26. The molecular weight excluding hydrogens is 252 g/mol. The van der Waals surface area contributed by atoms with Crippen molar-refractivity contribution in [3.63, 3.8) is 0 Å². The molecule has 2 rings (SSSR count). The molecule has 2 N–H and O–H groups in total. The number of hydrogen-bond acceptors (Lipinski definition) is 4. The molecule has 0 saturated carbocycles. The molecule has 1 aromatic heterocycles. The molecule has 1 saturated heterocycles. The van der Waals surface area contributed by atoms with Crippen molar-refractivity contribution in [1.29, 1.82) is 0 Å². The van der Waals surface area contributed by atoms with Gasteiger partial charge in [-0.05, 0) is 18.8 Å². The predicted molar refractivity (Wildman–Crippen MR) is 69.3 cm³/mol. The largest absolute Gasteiger partial charge is 0.326 e. The van der Waals surface area contributed by atoms with Gasteiger partial charge in [-0.15, -0.1) is 0 Å². The van der Waals surface area contributed by atoms with Gasteiger partial charge in [-0.3, -0.25) is 4.68 Å². The number of sulfonamides is 1. The Bertz CT molecular complexity index is 497. The second kappa shape index (κ2) is 5.38. The van der Waals surface area contributed by atoms with Crippen molar-refractivity contribution < 1.29 is 8.42 Å². The zero-order valence-corrected chi connectivity index (χ0v) is 11.4. The van der Waals surface area contributed by atoms with Gasteiger partial charge in [0.05, 0.1) is 12.5 Å². The van der Waals surface area contributed by atoms with Gasteiger partial charge in [0.25, 0.3) is 0 Å². The monoisotopic (exact) mass is 272 g/mol. The normalized spacial score (nSPS) is 22.2. The summed E-state index contributed by atoms with van der Waals surface area (Å²) in [6, 6.07) is 0. The highest BCUT2D eigenvalue weighted by molar-refractivity contribution is 7.88. The van der Waals surface area contributed by atoms with E-state index in [4.69, 9.17) is 5.73 Å². The number of rotatable bonds is 4. The van der Waals surface area contributed by atoms with Gasteiger partial charge in [-0.25, -0.2) is 12.7 Å². The Morgan fingerprint density at radius 1 is 1.56 bits per heavy atom. The van der Waals surface area contributed by atoms with Crippen LogP contribution in [0, 0.1) is 5.92 Å². The van der Waals surface area contributed by atoms with Crippen molar-refractivity contribution in [2.24, 2.45) is 11.7 Å². The van der Waals surface area contributed by atoms with Crippen LogP contribution in [-0.2, 0) is 23.1 Å². The molecule has 1 aliphatic heterocycles. The van der Waals surface area contributed by atoms with E-state index in [9.17, 15) is 8.42 Å². The van der Waals surface area contributed by atoms with Gasteiger partial charge >= 0.3 is 0 Å². The minimum atomic E-state index is -3.07. The Hall–Kier alpha value is -0.920. The fourth-order valence-corrected chi connectivity index (χ4v) is 3.30. The first kappa shape index (κ1) is 13.5. The summed E-state index contributed by atoms with van der Waals surface area (Å²) in [6.45, 7) is 2.48. The molecule has 0 spiro atoms. The van der Waals surface area contributed by atoms with Gasteiger partial charge in [-0.1, -0.05) is 0 Å². The number of nitrogens with two attached hydrogens (primary N) is 1. The lowest BCUT2D eigenvalue weighted by atomic mass is 10.00. The van der Waals surface area contributed by atoms with Crippen LogP contribution in [0.25, 0.3) is 0 Å². The van der Waals surface area contributed by atoms with Gasteiger partial charge in [0.1, 0.15) is 0 Å². The van der Waals surface area contributed by atoms with Crippen molar-refractivity contribution in [3.05, 3.63) is 18.0 Å². The van der Waals surface area contributed by atoms with E-state index in [-0.39, 0.29) is 0 Å². The molecule has 6 nitrogen and oxygen atoms in total.